The molecule has 0 radical (unpaired) electrons. The van der Waals surface area contributed by atoms with Crippen LogP contribution in [0.5, 0.6) is 0 Å². The average molecular weight is 499 g/mol. The topological polar surface area (TPSA) is 69.8 Å². The van der Waals surface area contributed by atoms with E-state index >= 15 is 0 Å². The Morgan fingerprint density at radius 3 is 1.29 bits per heavy atom. The zero-order chi connectivity index (χ0) is 26.2. The van der Waals surface area contributed by atoms with Crippen molar-refractivity contribution in [2.24, 2.45) is 0 Å². The molecule has 0 bridgehead atoms. The van der Waals surface area contributed by atoms with Crippen LogP contribution in [0.25, 0.3) is 44.6 Å². The molecule has 2 heterocycles. The maximum atomic E-state index is 13.7. The van der Waals surface area contributed by atoms with Crippen LogP contribution in [-0.2, 0) is 13.1 Å². The summed E-state index contributed by atoms with van der Waals surface area (Å²) in [5.74, 6) is 1.15. The first-order valence-corrected chi connectivity index (χ1v) is 12.6. The SMILES string of the molecule is Cc1ccc(-c2nc3ccccc3c(=O)n2CCn2c(-c3ccc(C)cc3)nc3ccccc3c2=O)cc1. The predicted molar refractivity (Wildman–Crippen MR) is 152 cm³/mol. The highest BCUT2D eigenvalue weighted by molar-refractivity contribution is 5.80. The third-order valence-electron chi connectivity index (χ3n) is 6.89. The van der Waals surface area contributed by atoms with Crippen LogP contribution in [0.3, 0.4) is 0 Å². The Bertz CT molecular complexity index is 1780. The first kappa shape index (κ1) is 23.6. The van der Waals surface area contributed by atoms with Gasteiger partial charge in [0.1, 0.15) is 11.6 Å². The van der Waals surface area contributed by atoms with Crippen molar-refractivity contribution in [3.05, 3.63) is 129 Å². The number of hydrogen-bond acceptors (Lipinski definition) is 4. The minimum absolute atomic E-state index is 0.134. The van der Waals surface area contributed by atoms with Crippen molar-refractivity contribution in [1.82, 2.24) is 19.1 Å². The first-order chi connectivity index (χ1) is 18.5. The third kappa shape index (κ3) is 4.20. The summed E-state index contributed by atoms with van der Waals surface area (Å²) in [4.78, 5) is 37.2. The quantitative estimate of drug-likeness (QED) is 0.303. The number of rotatable bonds is 5. The lowest BCUT2D eigenvalue weighted by Gasteiger charge is -2.17. The van der Waals surface area contributed by atoms with Gasteiger partial charge in [-0.3, -0.25) is 18.7 Å². The smallest absolute Gasteiger partial charge is 0.261 e. The van der Waals surface area contributed by atoms with E-state index in [1.807, 2.05) is 98.8 Å². The summed E-state index contributed by atoms with van der Waals surface area (Å²) in [5, 5.41) is 1.09. The van der Waals surface area contributed by atoms with Crippen molar-refractivity contribution in [1.29, 1.82) is 0 Å². The summed E-state index contributed by atoms with van der Waals surface area (Å²) >= 11 is 0. The molecular weight excluding hydrogens is 472 g/mol. The Morgan fingerprint density at radius 1 is 0.526 bits per heavy atom. The fourth-order valence-corrected chi connectivity index (χ4v) is 4.80. The zero-order valence-electron chi connectivity index (χ0n) is 21.3. The number of aryl methyl sites for hydroxylation is 2. The van der Waals surface area contributed by atoms with Crippen molar-refractivity contribution < 1.29 is 0 Å². The van der Waals surface area contributed by atoms with Gasteiger partial charge in [0, 0.05) is 24.2 Å². The number of fused-ring (bicyclic) bond motifs is 2. The van der Waals surface area contributed by atoms with E-state index in [4.69, 9.17) is 9.97 Å². The second kappa shape index (κ2) is 9.56. The molecule has 6 heteroatoms. The monoisotopic (exact) mass is 498 g/mol. The second-order valence-electron chi connectivity index (χ2n) is 9.55. The third-order valence-corrected chi connectivity index (χ3v) is 6.89. The van der Waals surface area contributed by atoms with Crippen LogP contribution in [0.15, 0.2) is 107 Å². The predicted octanol–water partition coefficient (Wildman–Crippen LogP) is 5.76. The molecular formula is C32H26N4O2. The highest BCUT2D eigenvalue weighted by Crippen LogP contribution is 2.22. The lowest BCUT2D eigenvalue weighted by Crippen LogP contribution is -2.30. The van der Waals surface area contributed by atoms with Crippen molar-refractivity contribution in [3.63, 3.8) is 0 Å². The van der Waals surface area contributed by atoms with Gasteiger partial charge in [-0.15, -0.1) is 0 Å². The number of para-hydroxylation sites is 2. The van der Waals surface area contributed by atoms with Gasteiger partial charge < -0.3 is 0 Å². The van der Waals surface area contributed by atoms with Gasteiger partial charge in [-0.05, 0) is 38.1 Å². The lowest BCUT2D eigenvalue weighted by atomic mass is 10.1. The molecule has 6 nitrogen and oxygen atoms in total. The van der Waals surface area contributed by atoms with Crippen LogP contribution >= 0.6 is 0 Å². The van der Waals surface area contributed by atoms with E-state index in [1.165, 1.54) is 0 Å². The lowest BCUT2D eigenvalue weighted by molar-refractivity contribution is 0.556. The molecule has 0 unspecified atom stereocenters. The molecule has 2 aromatic heterocycles. The molecule has 0 N–H and O–H groups in total. The van der Waals surface area contributed by atoms with Gasteiger partial charge >= 0.3 is 0 Å². The number of nitrogens with zero attached hydrogens (tertiary/aromatic N) is 4. The van der Waals surface area contributed by atoms with Crippen LogP contribution in [0.2, 0.25) is 0 Å². The van der Waals surface area contributed by atoms with Gasteiger partial charge in [-0.1, -0.05) is 83.9 Å². The molecule has 0 fully saturated rings. The van der Waals surface area contributed by atoms with Crippen LogP contribution in [-0.4, -0.2) is 19.1 Å². The van der Waals surface area contributed by atoms with Crippen LogP contribution in [0.4, 0.5) is 0 Å². The van der Waals surface area contributed by atoms with Gasteiger partial charge in [0.05, 0.1) is 21.8 Å². The molecule has 0 saturated heterocycles. The maximum absolute atomic E-state index is 13.7. The first-order valence-electron chi connectivity index (χ1n) is 12.6. The molecule has 0 spiro atoms. The van der Waals surface area contributed by atoms with Crippen molar-refractivity contribution in [2.45, 2.75) is 26.9 Å². The van der Waals surface area contributed by atoms with Gasteiger partial charge in [0.2, 0.25) is 0 Å². The highest BCUT2D eigenvalue weighted by atomic mass is 16.1. The Kier molecular flexibility index (Phi) is 5.92. The van der Waals surface area contributed by atoms with E-state index in [-0.39, 0.29) is 24.2 Å². The molecule has 38 heavy (non-hydrogen) atoms. The summed E-state index contributed by atoms with van der Waals surface area (Å²) in [6.07, 6.45) is 0. The Balaban J connectivity index is 1.52. The molecule has 0 atom stereocenters. The molecule has 0 amide bonds. The van der Waals surface area contributed by atoms with Gasteiger partial charge in [-0.2, -0.15) is 0 Å². The molecule has 0 aliphatic carbocycles. The molecule has 4 aromatic carbocycles. The largest absolute Gasteiger partial charge is 0.290 e. The Morgan fingerprint density at radius 2 is 0.895 bits per heavy atom. The van der Waals surface area contributed by atoms with E-state index in [2.05, 4.69) is 0 Å². The highest BCUT2D eigenvalue weighted by Gasteiger charge is 2.16. The Labute approximate surface area is 219 Å². The van der Waals surface area contributed by atoms with E-state index in [0.717, 1.165) is 22.3 Å². The summed E-state index contributed by atoms with van der Waals surface area (Å²) in [6.45, 7) is 4.57. The minimum atomic E-state index is -0.134. The fraction of sp³-hybridized carbons (Fsp3) is 0.125. The molecule has 0 aliphatic rings. The molecule has 186 valence electrons. The summed E-state index contributed by atoms with van der Waals surface area (Å²) < 4.78 is 3.35. The standard InChI is InChI=1S/C32H26N4O2/c1-21-11-15-23(16-12-21)29-33-27-9-5-3-7-25(27)31(37)35(29)19-20-36-30(24-17-13-22(2)14-18-24)34-28-10-6-4-8-26(28)32(36)38/h3-18H,19-20H2,1-2H3. The van der Waals surface area contributed by atoms with Crippen LogP contribution in [0.1, 0.15) is 11.1 Å². The number of aromatic nitrogens is 4. The molecule has 0 saturated carbocycles. The van der Waals surface area contributed by atoms with E-state index in [1.54, 1.807) is 21.3 Å². The van der Waals surface area contributed by atoms with Crippen molar-refractivity contribution in [2.75, 3.05) is 0 Å². The van der Waals surface area contributed by atoms with E-state index in [0.29, 0.717) is 33.5 Å². The fourth-order valence-electron chi connectivity index (χ4n) is 4.80. The zero-order valence-corrected chi connectivity index (χ0v) is 21.3. The second-order valence-corrected chi connectivity index (χ2v) is 9.55. The van der Waals surface area contributed by atoms with Crippen LogP contribution in [0, 0.1) is 13.8 Å². The van der Waals surface area contributed by atoms with E-state index in [9.17, 15) is 9.59 Å². The molecule has 0 aliphatic heterocycles. The minimum Gasteiger partial charge on any atom is -0.290 e. The summed E-state index contributed by atoms with van der Waals surface area (Å²) in [6, 6.07) is 30.7. The van der Waals surface area contributed by atoms with Crippen molar-refractivity contribution in [3.8, 4) is 22.8 Å². The average Bonchev–Trinajstić information content (AvgIpc) is 2.94. The van der Waals surface area contributed by atoms with Gasteiger partial charge in [0.15, 0.2) is 0 Å². The van der Waals surface area contributed by atoms with Gasteiger partial charge in [0.25, 0.3) is 11.1 Å². The molecule has 6 rings (SSSR count). The van der Waals surface area contributed by atoms with Gasteiger partial charge in [-0.25, -0.2) is 9.97 Å². The van der Waals surface area contributed by atoms with E-state index < -0.39 is 0 Å². The number of benzene rings is 4. The van der Waals surface area contributed by atoms with Crippen molar-refractivity contribution >= 4 is 21.8 Å². The normalized spacial score (nSPS) is 11.3. The Hall–Kier alpha value is -4.84. The molecule has 6 aromatic rings. The summed E-state index contributed by atoms with van der Waals surface area (Å²) in [5.41, 5.74) is 4.97. The van der Waals surface area contributed by atoms with Crippen LogP contribution < -0.4 is 11.1 Å². The summed E-state index contributed by atoms with van der Waals surface area (Å²) in [7, 11) is 0. The number of hydrogen-bond donors (Lipinski definition) is 0. The maximum Gasteiger partial charge on any atom is 0.261 e.